The van der Waals surface area contributed by atoms with Crippen LogP contribution >= 0.6 is 0 Å². The molecule has 3 aromatic rings. The third-order valence-electron chi connectivity index (χ3n) is 3.26. The molecule has 20 heavy (non-hydrogen) atoms. The molecule has 0 radical (unpaired) electrons. The smallest absolute Gasteiger partial charge is 0.188 e. The molecule has 0 saturated heterocycles. The fourth-order valence-corrected chi connectivity index (χ4v) is 2.27. The summed E-state index contributed by atoms with van der Waals surface area (Å²) in [6.45, 7) is 7.29. The Morgan fingerprint density at radius 1 is 0.550 bits per heavy atom. The first-order chi connectivity index (χ1) is 9.86. The lowest BCUT2D eigenvalue weighted by atomic mass is 9.98. The standard InChI is InChI=1S/C19H13N/c1-20-19-13-17(15-8-4-2-5-9-15)12-18(14-19)16-10-6-3-7-11-16/h2-14H. The summed E-state index contributed by atoms with van der Waals surface area (Å²) >= 11 is 0. The zero-order valence-electron chi connectivity index (χ0n) is 11.0. The van der Waals surface area contributed by atoms with Gasteiger partial charge in [-0.25, -0.2) is 4.85 Å². The molecule has 1 nitrogen and oxygen atoms in total. The molecule has 3 rings (SSSR count). The molecule has 0 aromatic heterocycles. The van der Waals surface area contributed by atoms with Gasteiger partial charge in [0.25, 0.3) is 0 Å². The molecule has 0 heterocycles. The van der Waals surface area contributed by atoms with Crippen LogP contribution in [0.25, 0.3) is 27.1 Å². The summed E-state index contributed by atoms with van der Waals surface area (Å²) in [6.07, 6.45) is 0. The Labute approximate surface area is 119 Å². The minimum absolute atomic E-state index is 0.671. The lowest BCUT2D eigenvalue weighted by Crippen LogP contribution is -1.81. The van der Waals surface area contributed by atoms with Gasteiger partial charge in [0, 0.05) is 0 Å². The van der Waals surface area contributed by atoms with Crippen molar-refractivity contribution >= 4 is 5.69 Å². The summed E-state index contributed by atoms with van der Waals surface area (Å²) in [6, 6.07) is 26.4. The van der Waals surface area contributed by atoms with Gasteiger partial charge in [-0.15, -0.1) is 0 Å². The van der Waals surface area contributed by atoms with E-state index in [4.69, 9.17) is 6.57 Å². The van der Waals surface area contributed by atoms with Crippen LogP contribution in [0, 0.1) is 6.57 Å². The predicted octanol–water partition coefficient (Wildman–Crippen LogP) is 5.57. The second-order valence-electron chi connectivity index (χ2n) is 4.61. The average molecular weight is 255 g/mol. The lowest BCUT2D eigenvalue weighted by molar-refractivity contribution is 1.59. The minimum atomic E-state index is 0.671. The van der Waals surface area contributed by atoms with E-state index in [2.05, 4.69) is 35.2 Å². The van der Waals surface area contributed by atoms with E-state index >= 15 is 0 Å². The van der Waals surface area contributed by atoms with E-state index in [9.17, 15) is 0 Å². The van der Waals surface area contributed by atoms with Gasteiger partial charge in [0.05, 0.1) is 6.57 Å². The zero-order chi connectivity index (χ0) is 13.8. The van der Waals surface area contributed by atoms with Gasteiger partial charge in [0.15, 0.2) is 5.69 Å². The Morgan fingerprint density at radius 2 is 1.00 bits per heavy atom. The maximum atomic E-state index is 7.29. The predicted molar refractivity (Wildman–Crippen MR) is 83.6 cm³/mol. The Morgan fingerprint density at radius 3 is 1.40 bits per heavy atom. The Balaban J connectivity index is 2.16. The van der Waals surface area contributed by atoms with Crippen LogP contribution in [-0.4, -0.2) is 0 Å². The summed E-state index contributed by atoms with van der Waals surface area (Å²) in [5, 5.41) is 0. The van der Waals surface area contributed by atoms with Gasteiger partial charge in [0.1, 0.15) is 0 Å². The molecule has 0 fully saturated rings. The van der Waals surface area contributed by atoms with Crippen LogP contribution in [0.2, 0.25) is 0 Å². The maximum absolute atomic E-state index is 7.29. The summed E-state index contributed by atoms with van der Waals surface area (Å²) in [4.78, 5) is 3.59. The molecule has 94 valence electrons. The fraction of sp³-hybridized carbons (Fsp3) is 0. The molecular weight excluding hydrogens is 242 g/mol. The number of nitrogens with zero attached hydrogens (tertiary/aromatic N) is 1. The molecule has 0 saturated carbocycles. The highest BCUT2D eigenvalue weighted by atomic mass is 14.6. The fourth-order valence-electron chi connectivity index (χ4n) is 2.27. The van der Waals surface area contributed by atoms with E-state index in [1.807, 2.05) is 48.5 Å². The summed E-state index contributed by atoms with van der Waals surface area (Å²) in [5.74, 6) is 0. The minimum Gasteiger partial charge on any atom is -0.238 e. The van der Waals surface area contributed by atoms with E-state index < -0.39 is 0 Å². The number of rotatable bonds is 2. The van der Waals surface area contributed by atoms with Crippen molar-refractivity contribution in [3.63, 3.8) is 0 Å². The average Bonchev–Trinajstić information content (AvgIpc) is 2.56. The number of hydrogen-bond donors (Lipinski definition) is 0. The van der Waals surface area contributed by atoms with Gasteiger partial charge in [-0.2, -0.15) is 0 Å². The van der Waals surface area contributed by atoms with Crippen molar-refractivity contribution in [2.75, 3.05) is 0 Å². The highest BCUT2D eigenvalue weighted by Gasteiger charge is 2.04. The van der Waals surface area contributed by atoms with Gasteiger partial charge in [-0.1, -0.05) is 60.7 Å². The molecule has 0 spiro atoms. The molecule has 0 aliphatic carbocycles. The van der Waals surface area contributed by atoms with Crippen LogP contribution in [0.1, 0.15) is 0 Å². The van der Waals surface area contributed by atoms with Crippen LogP contribution in [0.5, 0.6) is 0 Å². The normalized spacial score (nSPS) is 9.95. The second kappa shape index (κ2) is 5.42. The molecule has 0 amide bonds. The maximum Gasteiger partial charge on any atom is 0.188 e. The topological polar surface area (TPSA) is 4.36 Å². The first-order valence-corrected chi connectivity index (χ1v) is 6.50. The van der Waals surface area contributed by atoms with Crippen LogP contribution in [0.4, 0.5) is 5.69 Å². The molecule has 0 bridgehead atoms. The van der Waals surface area contributed by atoms with E-state index in [-0.39, 0.29) is 0 Å². The van der Waals surface area contributed by atoms with Crippen LogP contribution in [0.15, 0.2) is 78.9 Å². The van der Waals surface area contributed by atoms with Gasteiger partial charge < -0.3 is 0 Å². The van der Waals surface area contributed by atoms with E-state index in [0.717, 1.165) is 22.3 Å². The molecule has 0 atom stereocenters. The highest BCUT2D eigenvalue weighted by molar-refractivity contribution is 5.78. The second-order valence-corrected chi connectivity index (χ2v) is 4.61. The third-order valence-corrected chi connectivity index (χ3v) is 3.26. The molecule has 0 aliphatic rings. The zero-order valence-corrected chi connectivity index (χ0v) is 11.0. The van der Waals surface area contributed by atoms with Crippen molar-refractivity contribution in [1.29, 1.82) is 0 Å². The first kappa shape index (κ1) is 12.2. The van der Waals surface area contributed by atoms with E-state index in [1.165, 1.54) is 0 Å². The Hall–Kier alpha value is -2.85. The third kappa shape index (κ3) is 2.46. The number of hydrogen-bond acceptors (Lipinski definition) is 0. The molecule has 0 aliphatic heterocycles. The van der Waals surface area contributed by atoms with Crippen molar-refractivity contribution in [3.05, 3.63) is 90.3 Å². The van der Waals surface area contributed by atoms with Gasteiger partial charge in [-0.05, 0) is 40.5 Å². The van der Waals surface area contributed by atoms with E-state index in [1.54, 1.807) is 0 Å². The highest BCUT2D eigenvalue weighted by Crippen LogP contribution is 2.31. The van der Waals surface area contributed by atoms with Gasteiger partial charge in [0.2, 0.25) is 0 Å². The quantitative estimate of drug-likeness (QED) is 0.527. The summed E-state index contributed by atoms with van der Waals surface area (Å²) in [5.41, 5.74) is 5.10. The van der Waals surface area contributed by atoms with Crippen molar-refractivity contribution in [2.45, 2.75) is 0 Å². The largest absolute Gasteiger partial charge is 0.238 e. The van der Waals surface area contributed by atoms with Crippen molar-refractivity contribution < 1.29 is 0 Å². The van der Waals surface area contributed by atoms with Crippen LogP contribution in [-0.2, 0) is 0 Å². The van der Waals surface area contributed by atoms with Crippen molar-refractivity contribution in [1.82, 2.24) is 0 Å². The molecular formula is C19H13N. The molecule has 0 unspecified atom stereocenters. The van der Waals surface area contributed by atoms with E-state index in [0.29, 0.717) is 5.69 Å². The molecule has 3 aromatic carbocycles. The summed E-state index contributed by atoms with van der Waals surface area (Å²) < 4.78 is 0. The molecule has 1 heteroatoms. The van der Waals surface area contributed by atoms with Crippen molar-refractivity contribution in [3.8, 4) is 22.3 Å². The summed E-state index contributed by atoms with van der Waals surface area (Å²) in [7, 11) is 0. The van der Waals surface area contributed by atoms with Gasteiger partial charge >= 0.3 is 0 Å². The van der Waals surface area contributed by atoms with Gasteiger partial charge in [-0.3, -0.25) is 0 Å². The van der Waals surface area contributed by atoms with Crippen LogP contribution < -0.4 is 0 Å². The van der Waals surface area contributed by atoms with Crippen LogP contribution in [0.3, 0.4) is 0 Å². The monoisotopic (exact) mass is 255 g/mol. The first-order valence-electron chi connectivity index (χ1n) is 6.50. The number of benzene rings is 3. The van der Waals surface area contributed by atoms with Crippen molar-refractivity contribution in [2.24, 2.45) is 0 Å². The Bertz CT molecular complexity index is 695. The molecule has 0 N–H and O–H groups in total. The lowest BCUT2D eigenvalue weighted by Gasteiger charge is -2.07. The Kier molecular flexibility index (Phi) is 3.31. The SMILES string of the molecule is [C-]#[N+]c1cc(-c2ccccc2)cc(-c2ccccc2)c1.